The van der Waals surface area contributed by atoms with Crippen molar-refractivity contribution in [1.82, 2.24) is 4.57 Å². The normalized spacial score (nSPS) is 13.7. The number of hydrogen-bond donors (Lipinski definition) is 1. The number of aliphatic hydroxyl groups is 1. The average molecular weight is 424 g/mol. The lowest BCUT2D eigenvalue weighted by Crippen LogP contribution is -2.46. The van der Waals surface area contributed by atoms with E-state index in [4.69, 9.17) is 0 Å². The first kappa shape index (κ1) is 20.7. The summed E-state index contributed by atoms with van der Waals surface area (Å²) >= 11 is 0. The smallest absolute Gasteiger partial charge is 0.425 e. The van der Waals surface area contributed by atoms with E-state index in [0.717, 1.165) is 6.33 Å². The number of benzene rings is 3. The van der Waals surface area contributed by atoms with E-state index in [-0.39, 0.29) is 11.3 Å². The first-order valence-corrected chi connectivity index (χ1v) is 9.59. The molecule has 4 nitrogen and oxygen atoms in total. The van der Waals surface area contributed by atoms with Crippen molar-refractivity contribution in [2.45, 2.75) is 18.3 Å². The van der Waals surface area contributed by atoms with Gasteiger partial charge in [0.2, 0.25) is 11.9 Å². The highest BCUT2D eigenvalue weighted by atomic mass is 19.4. The maximum absolute atomic E-state index is 14.1. The predicted molar refractivity (Wildman–Crippen MR) is 111 cm³/mol. The van der Waals surface area contributed by atoms with Crippen LogP contribution in [0, 0.1) is 5.21 Å². The van der Waals surface area contributed by atoms with Gasteiger partial charge in [0.05, 0.1) is 0 Å². The summed E-state index contributed by atoms with van der Waals surface area (Å²) < 4.78 is 44.0. The summed E-state index contributed by atoms with van der Waals surface area (Å²) in [4.78, 5) is 0. The van der Waals surface area contributed by atoms with Gasteiger partial charge in [0, 0.05) is 11.1 Å². The molecule has 0 aliphatic carbocycles. The fraction of sp³-hybridized carbons (Fsp3) is 0.125. The SMILES string of the molecule is [O-][n+]1cn(CC(O)(c2ccccc2)C(F)(F)F)c(-c2ccccc2)c1-c1ccccc1. The molecule has 0 saturated heterocycles. The van der Waals surface area contributed by atoms with Crippen LogP contribution in [0.2, 0.25) is 0 Å². The van der Waals surface area contributed by atoms with Gasteiger partial charge in [0.25, 0.3) is 0 Å². The van der Waals surface area contributed by atoms with Gasteiger partial charge in [0.15, 0.2) is 11.4 Å². The number of hydrogen-bond acceptors (Lipinski definition) is 2. The largest absolute Gasteiger partial charge is 0.710 e. The first-order valence-electron chi connectivity index (χ1n) is 9.59. The Morgan fingerprint density at radius 2 is 1.26 bits per heavy atom. The van der Waals surface area contributed by atoms with Crippen LogP contribution in [0.3, 0.4) is 0 Å². The van der Waals surface area contributed by atoms with Gasteiger partial charge < -0.3 is 10.3 Å². The third-order valence-corrected chi connectivity index (χ3v) is 5.19. The summed E-state index contributed by atoms with van der Waals surface area (Å²) in [5.74, 6) is 0. The molecule has 1 N–H and O–H groups in total. The second-order valence-electron chi connectivity index (χ2n) is 7.22. The lowest BCUT2D eigenvalue weighted by atomic mass is 9.92. The van der Waals surface area contributed by atoms with Crippen molar-refractivity contribution >= 4 is 0 Å². The fourth-order valence-electron chi connectivity index (χ4n) is 3.67. The highest BCUT2D eigenvalue weighted by Gasteiger charge is 2.57. The Balaban J connectivity index is 1.93. The van der Waals surface area contributed by atoms with E-state index >= 15 is 0 Å². The zero-order chi connectivity index (χ0) is 22.1. The third kappa shape index (κ3) is 3.80. The molecule has 0 bridgehead atoms. The molecule has 1 unspecified atom stereocenters. The van der Waals surface area contributed by atoms with Crippen molar-refractivity contribution < 1.29 is 23.0 Å². The molecule has 4 rings (SSSR count). The maximum atomic E-state index is 14.1. The zero-order valence-corrected chi connectivity index (χ0v) is 16.3. The van der Waals surface area contributed by atoms with Gasteiger partial charge in [0.1, 0.15) is 6.54 Å². The van der Waals surface area contributed by atoms with E-state index in [1.807, 2.05) is 0 Å². The van der Waals surface area contributed by atoms with Crippen LogP contribution in [0.25, 0.3) is 22.5 Å². The van der Waals surface area contributed by atoms with Crippen LogP contribution in [0.15, 0.2) is 97.3 Å². The third-order valence-electron chi connectivity index (χ3n) is 5.19. The monoisotopic (exact) mass is 424 g/mol. The summed E-state index contributed by atoms with van der Waals surface area (Å²) in [5, 5.41) is 23.7. The summed E-state index contributed by atoms with van der Waals surface area (Å²) in [5.41, 5.74) is -1.85. The molecular formula is C24H19F3N2O2. The number of halogens is 3. The molecule has 1 heterocycles. The van der Waals surface area contributed by atoms with Gasteiger partial charge in [-0.15, -0.1) is 0 Å². The van der Waals surface area contributed by atoms with E-state index < -0.39 is 18.3 Å². The molecule has 0 aliphatic rings. The number of aromatic nitrogens is 2. The Kier molecular flexibility index (Phi) is 5.29. The lowest BCUT2D eigenvalue weighted by Gasteiger charge is -2.29. The Morgan fingerprint density at radius 1 is 0.774 bits per heavy atom. The van der Waals surface area contributed by atoms with Crippen molar-refractivity contribution in [3.05, 3.63) is 108 Å². The quantitative estimate of drug-likeness (QED) is 0.366. The van der Waals surface area contributed by atoms with E-state index in [9.17, 15) is 23.5 Å². The van der Waals surface area contributed by atoms with Gasteiger partial charge in [-0.3, -0.25) is 0 Å². The minimum absolute atomic E-state index is 0.212. The van der Waals surface area contributed by atoms with Crippen LogP contribution >= 0.6 is 0 Å². The van der Waals surface area contributed by atoms with Crippen LogP contribution in [0.1, 0.15) is 5.56 Å². The lowest BCUT2D eigenvalue weighted by molar-refractivity contribution is -0.593. The van der Waals surface area contributed by atoms with Crippen LogP contribution in [-0.4, -0.2) is 15.8 Å². The number of alkyl halides is 3. The molecule has 0 fully saturated rings. The van der Waals surface area contributed by atoms with E-state index in [1.54, 1.807) is 66.7 Å². The fourth-order valence-corrected chi connectivity index (χ4v) is 3.67. The van der Waals surface area contributed by atoms with Crippen molar-refractivity contribution in [1.29, 1.82) is 0 Å². The Hall–Kier alpha value is -3.58. The summed E-state index contributed by atoms with van der Waals surface area (Å²) in [6, 6.07) is 24.3. The van der Waals surface area contributed by atoms with Crippen molar-refractivity contribution in [3.63, 3.8) is 0 Å². The molecule has 0 amide bonds. The van der Waals surface area contributed by atoms with E-state index in [1.165, 1.54) is 28.8 Å². The van der Waals surface area contributed by atoms with Crippen LogP contribution in [-0.2, 0) is 12.1 Å². The van der Waals surface area contributed by atoms with Crippen LogP contribution < -0.4 is 4.73 Å². The van der Waals surface area contributed by atoms with Gasteiger partial charge >= 0.3 is 6.18 Å². The van der Waals surface area contributed by atoms with Gasteiger partial charge in [-0.1, -0.05) is 91.0 Å². The number of rotatable bonds is 5. The minimum Gasteiger partial charge on any atom is -0.710 e. The van der Waals surface area contributed by atoms with Gasteiger partial charge in [-0.25, -0.2) is 9.30 Å². The Morgan fingerprint density at radius 3 is 1.77 bits per heavy atom. The zero-order valence-electron chi connectivity index (χ0n) is 16.3. The predicted octanol–water partition coefficient (Wildman–Crippen LogP) is 4.91. The van der Waals surface area contributed by atoms with Crippen molar-refractivity contribution in [3.8, 4) is 22.5 Å². The van der Waals surface area contributed by atoms with Crippen LogP contribution in [0.5, 0.6) is 0 Å². The molecule has 0 radical (unpaired) electrons. The van der Waals surface area contributed by atoms with Crippen LogP contribution in [0.4, 0.5) is 13.2 Å². The average Bonchev–Trinajstić information content (AvgIpc) is 3.10. The second kappa shape index (κ2) is 7.92. The maximum Gasteiger partial charge on any atom is 0.425 e. The number of imidazole rings is 1. The standard InChI is InChI=1S/C24H19F3N2O2/c25-24(26,27)23(30,20-14-8-3-9-15-20)16-28-17-29(31)22(19-12-6-2-7-13-19)21(28)18-10-4-1-5-11-18/h1-15,17,30H,16H2. The molecular weight excluding hydrogens is 405 g/mol. The van der Waals surface area contributed by atoms with Gasteiger partial charge in [-0.05, 0) is 5.56 Å². The molecule has 4 aromatic rings. The second-order valence-corrected chi connectivity index (χ2v) is 7.22. The highest BCUT2D eigenvalue weighted by Crippen LogP contribution is 2.42. The summed E-state index contributed by atoms with van der Waals surface area (Å²) in [6.07, 6.45) is -3.92. The molecule has 7 heteroatoms. The number of nitrogens with zero attached hydrogens (tertiary/aromatic N) is 2. The molecule has 0 saturated carbocycles. The topological polar surface area (TPSA) is 52.1 Å². The minimum atomic E-state index is -4.97. The first-order chi connectivity index (χ1) is 14.8. The Labute approximate surface area is 177 Å². The summed E-state index contributed by atoms with van der Waals surface area (Å²) in [7, 11) is 0. The molecule has 1 aromatic heterocycles. The highest BCUT2D eigenvalue weighted by molar-refractivity contribution is 5.76. The van der Waals surface area contributed by atoms with Crippen molar-refractivity contribution in [2.75, 3.05) is 0 Å². The summed E-state index contributed by atoms with van der Waals surface area (Å²) in [6.45, 7) is -0.875. The van der Waals surface area contributed by atoms with Crippen molar-refractivity contribution in [2.24, 2.45) is 0 Å². The van der Waals surface area contributed by atoms with E-state index in [2.05, 4.69) is 0 Å². The van der Waals surface area contributed by atoms with Gasteiger partial charge in [-0.2, -0.15) is 13.2 Å². The van der Waals surface area contributed by atoms with E-state index in [0.29, 0.717) is 21.6 Å². The molecule has 158 valence electrons. The Bertz CT molecular complexity index is 1160. The molecule has 0 spiro atoms. The molecule has 31 heavy (non-hydrogen) atoms. The molecule has 3 aromatic carbocycles. The molecule has 0 aliphatic heterocycles. The molecule has 1 atom stereocenters.